The van der Waals surface area contributed by atoms with Gasteiger partial charge < -0.3 is 4.57 Å². The largest absolute Gasteiger partial charge is 0.318 e. The fraction of sp³-hybridized carbons (Fsp3) is 0.190. The molecule has 6 heteroatoms. The van der Waals surface area contributed by atoms with Crippen molar-refractivity contribution in [1.29, 1.82) is 0 Å². The molecule has 0 saturated carbocycles. The Labute approximate surface area is 163 Å². The van der Waals surface area contributed by atoms with Crippen molar-refractivity contribution in [2.45, 2.75) is 27.7 Å². The molecule has 1 heterocycles. The summed E-state index contributed by atoms with van der Waals surface area (Å²) in [6.45, 7) is 8.26. The second-order valence-electron chi connectivity index (χ2n) is 6.66. The van der Waals surface area contributed by atoms with Crippen LogP contribution in [0.2, 0.25) is 5.02 Å². The Balaban J connectivity index is 1.99. The van der Waals surface area contributed by atoms with Gasteiger partial charge in [0.25, 0.3) is 5.69 Å². The minimum absolute atomic E-state index is 0.104. The summed E-state index contributed by atoms with van der Waals surface area (Å²) in [5.74, 6) is 0. The first-order chi connectivity index (χ1) is 12.8. The van der Waals surface area contributed by atoms with Crippen LogP contribution in [0.1, 0.15) is 28.1 Å². The molecule has 0 aliphatic heterocycles. The molecular formula is C21H20ClN3O2. The Hall–Kier alpha value is -2.92. The number of aromatic nitrogens is 1. The quantitative estimate of drug-likeness (QED) is 0.315. The number of aliphatic imine (C=N–C) groups is 1. The van der Waals surface area contributed by atoms with Crippen LogP contribution in [0.3, 0.4) is 0 Å². The van der Waals surface area contributed by atoms with Gasteiger partial charge in [-0.1, -0.05) is 17.7 Å². The van der Waals surface area contributed by atoms with Crippen molar-refractivity contribution in [3.05, 3.63) is 85.7 Å². The second kappa shape index (κ2) is 7.37. The first-order valence-electron chi connectivity index (χ1n) is 8.52. The Kier molecular flexibility index (Phi) is 5.15. The van der Waals surface area contributed by atoms with Crippen molar-refractivity contribution in [1.82, 2.24) is 4.57 Å². The van der Waals surface area contributed by atoms with E-state index >= 15 is 0 Å². The van der Waals surface area contributed by atoms with Gasteiger partial charge in [-0.25, -0.2) is 0 Å². The monoisotopic (exact) mass is 381 g/mol. The molecule has 0 bridgehead atoms. The Morgan fingerprint density at radius 2 is 1.70 bits per heavy atom. The van der Waals surface area contributed by atoms with E-state index in [0.29, 0.717) is 5.69 Å². The third-order valence-corrected chi connectivity index (χ3v) is 4.73. The van der Waals surface area contributed by atoms with E-state index in [1.807, 2.05) is 6.92 Å². The van der Waals surface area contributed by atoms with E-state index in [9.17, 15) is 10.1 Å². The van der Waals surface area contributed by atoms with Gasteiger partial charge in [0.1, 0.15) is 5.02 Å². The molecule has 3 aromatic rings. The summed E-state index contributed by atoms with van der Waals surface area (Å²) in [5, 5.41) is 11.1. The minimum Gasteiger partial charge on any atom is -0.318 e. The van der Waals surface area contributed by atoms with Crippen LogP contribution in [-0.4, -0.2) is 15.7 Å². The number of halogens is 1. The molecule has 0 atom stereocenters. The Bertz CT molecular complexity index is 1050. The lowest BCUT2D eigenvalue weighted by Crippen LogP contribution is -2.00. The molecule has 27 heavy (non-hydrogen) atoms. The maximum absolute atomic E-state index is 11.0. The predicted molar refractivity (Wildman–Crippen MR) is 110 cm³/mol. The summed E-state index contributed by atoms with van der Waals surface area (Å²) in [6, 6.07) is 13.0. The van der Waals surface area contributed by atoms with E-state index in [2.05, 4.69) is 54.6 Å². The third-order valence-electron chi connectivity index (χ3n) is 4.41. The van der Waals surface area contributed by atoms with Crippen LogP contribution in [-0.2, 0) is 0 Å². The predicted octanol–water partition coefficient (Wildman–Crippen LogP) is 6.02. The zero-order chi connectivity index (χ0) is 19.7. The molecule has 138 valence electrons. The number of aryl methyl sites for hydroxylation is 3. The molecular weight excluding hydrogens is 362 g/mol. The van der Waals surface area contributed by atoms with Gasteiger partial charge in [0, 0.05) is 34.9 Å². The van der Waals surface area contributed by atoms with Crippen LogP contribution < -0.4 is 0 Å². The van der Waals surface area contributed by atoms with Crippen molar-refractivity contribution in [2.24, 2.45) is 4.99 Å². The highest BCUT2D eigenvalue weighted by molar-refractivity contribution is 6.32. The van der Waals surface area contributed by atoms with Crippen LogP contribution in [0, 0.1) is 37.8 Å². The number of hydrogen-bond acceptors (Lipinski definition) is 3. The summed E-state index contributed by atoms with van der Waals surface area (Å²) in [6.07, 6.45) is 1.73. The lowest BCUT2D eigenvalue weighted by molar-refractivity contribution is -0.384. The van der Waals surface area contributed by atoms with Crippen LogP contribution in [0.5, 0.6) is 0 Å². The summed E-state index contributed by atoms with van der Waals surface area (Å²) in [5.41, 5.74) is 7.00. The highest BCUT2D eigenvalue weighted by atomic mass is 35.5. The third kappa shape index (κ3) is 3.93. The van der Waals surface area contributed by atoms with E-state index in [0.717, 1.165) is 22.6 Å². The SMILES string of the molecule is Cc1cc(C)cc(-n2c(C)cc(C=Nc3ccc(Cl)c([N+](=O)[O-])c3)c2C)c1. The number of nitro groups is 1. The Morgan fingerprint density at radius 3 is 2.33 bits per heavy atom. The molecule has 0 aliphatic rings. The van der Waals surface area contributed by atoms with Gasteiger partial charge in [-0.05, 0) is 69.2 Å². The van der Waals surface area contributed by atoms with Gasteiger partial charge in [-0.3, -0.25) is 15.1 Å². The van der Waals surface area contributed by atoms with E-state index in [-0.39, 0.29) is 10.7 Å². The molecule has 0 spiro atoms. The first kappa shape index (κ1) is 18.9. The molecule has 0 fully saturated rings. The van der Waals surface area contributed by atoms with Gasteiger partial charge >= 0.3 is 0 Å². The molecule has 2 aromatic carbocycles. The fourth-order valence-corrected chi connectivity index (χ4v) is 3.45. The maximum Gasteiger partial charge on any atom is 0.290 e. The van der Waals surface area contributed by atoms with Crippen molar-refractivity contribution in [2.75, 3.05) is 0 Å². The zero-order valence-electron chi connectivity index (χ0n) is 15.7. The van der Waals surface area contributed by atoms with E-state index in [1.54, 1.807) is 12.3 Å². The van der Waals surface area contributed by atoms with Gasteiger partial charge in [0.05, 0.1) is 10.6 Å². The van der Waals surface area contributed by atoms with Crippen molar-refractivity contribution < 1.29 is 4.92 Å². The molecule has 0 saturated heterocycles. The van der Waals surface area contributed by atoms with Crippen molar-refractivity contribution in [3.8, 4) is 5.69 Å². The number of nitrogens with zero attached hydrogens (tertiary/aromatic N) is 3. The highest BCUT2D eigenvalue weighted by Gasteiger charge is 2.13. The molecule has 3 rings (SSSR count). The van der Waals surface area contributed by atoms with Crippen molar-refractivity contribution >= 4 is 29.2 Å². The lowest BCUT2D eigenvalue weighted by Gasteiger charge is -2.11. The number of rotatable bonds is 4. The average Bonchev–Trinajstić information content (AvgIpc) is 2.86. The first-order valence-corrected chi connectivity index (χ1v) is 8.89. The van der Waals surface area contributed by atoms with Gasteiger partial charge in [0.2, 0.25) is 0 Å². The van der Waals surface area contributed by atoms with Gasteiger partial charge in [-0.2, -0.15) is 0 Å². The smallest absolute Gasteiger partial charge is 0.290 e. The normalized spacial score (nSPS) is 11.3. The zero-order valence-corrected chi connectivity index (χ0v) is 16.4. The van der Waals surface area contributed by atoms with Crippen LogP contribution >= 0.6 is 11.6 Å². The summed E-state index contributed by atoms with van der Waals surface area (Å²) in [7, 11) is 0. The molecule has 0 amide bonds. The fourth-order valence-electron chi connectivity index (χ4n) is 3.26. The average molecular weight is 382 g/mol. The molecule has 5 nitrogen and oxygen atoms in total. The minimum atomic E-state index is -0.507. The standard InChI is InChI=1S/C21H20ClN3O2/c1-13-7-14(2)9-19(8-13)24-15(3)10-17(16(24)4)12-23-18-5-6-20(22)21(11-18)25(26)27/h5-12H,1-4H3. The summed E-state index contributed by atoms with van der Waals surface area (Å²) >= 11 is 5.85. The highest BCUT2D eigenvalue weighted by Crippen LogP contribution is 2.29. The second-order valence-corrected chi connectivity index (χ2v) is 7.07. The lowest BCUT2D eigenvalue weighted by atomic mass is 10.1. The number of benzene rings is 2. The van der Waals surface area contributed by atoms with E-state index < -0.39 is 4.92 Å². The summed E-state index contributed by atoms with van der Waals surface area (Å²) < 4.78 is 2.19. The summed E-state index contributed by atoms with van der Waals surface area (Å²) in [4.78, 5) is 14.9. The van der Waals surface area contributed by atoms with Crippen molar-refractivity contribution in [3.63, 3.8) is 0 Å². The Morgan fingerprint density at radius 1 is 1.04 bits per heavy atom. The van der Waals surface area contributed by atoms with Crippen LogP contribution in [0.15, 0.2) is 47.5 Å². The molecule has 0 aliphatic carbocycles. The molecule has 0 N–H and O–H groups in total. The van der Waals surface area contributed by atoms with Crippen LogP contribution in [0.4, 0.5) is 11.4 Å². The number of hydrogen-bond donors (Lipinski definition) is 0. The topological polar surface area (TPSA) is 60.4 Å². The van der Waals surface area contributed by atoms with Gasteiger partial charge in [0.15, 0.2) is 0 Å². The molecule has 0 radical (unpaired) electrons. The van der Waals surface area contributed by atoms with Crippen LogP contribution in [0.25, 0.3) is 5.69 Å². The molecule has 0 unspecified atom stereocenters. The van der Waals surface area contributed by atoms with E-state index in [4.69, 9.17) is 11.6 Å². The van der Waals surface area contributed by atoms with Gasteiger partial charge in [-0.15, -0.1) is 0 Å². The van der Waals surface area contributed by atoms with E-state index in [1.165, 1.54) is 23.3 Å². The number of nitro benzene ring substituents is 1. The molecule has 1 aromatic heterocycles. The maximum atomic E-state index is 11.0.